The van der Waals surface area contributed by atoms with Crippen molar-refractivity contribution in [2.45, 2.75) is 135 Å². The molecule has 3 rings (SSSR count). The fourth-order valence-electron chi connectivity index (χ4n) is 5.31. The van der Waals surface area contributed by atoms with E-state index in [1.54, 1.807) is 0 Å². The molecule has 6 nitrogen and oxygen atoms in total. The molecule has 2 fully saturated rings. The van der Waals surface area contributed by atoms with Gasteiger partial charge in [0.2, 0.25) is 0 Å². The molecule has 1 saturated heterocycles. The van der Waals surface area contributed by atoms with Gasteiger partial charge in [0.15, 0.2) is 22.4 Å². The number of fused-ring (bicyclic) bond motifs is 1. The van der Waals surface area contributed by atoms with Gasteiger partial charge in [-0.05, 0) is 69.0 Å². The van der Waals surface area contributed by atoms with Crippen LogP contribution in [0.3, 0.4) is 0 Å². The summed E-state index contributed by atoms with van der Waals surface area (Å²) in [6.07, 6.45) is 0.444. The molecule has 230 valence electrons. The zero-order chi connectivity index (χ0) is 30.4. The highest BCUT2D eigenvalue weighted by atomic mass is 28.4. The lowest BCUT2D eigenvalue weighted by molar-refractivity contribution is -0.177. The minimum atomic E-state index is -2.10. The zero-order valence-electron chi connectivity index (χ0n) is 27.7. The highest BCUT2D eigenvalue weighted by Gasteiger charge is 2.60. The Kier molecular flexibility index (Phi) is 10.0. The van der Waals surface area contributed by atoms with E-state index in [1.165, 1.54) is 5.56 Å². The van der Waals surface area contributed by atoms with E-state index < -0.39 is 28.0 Å². The monoisotopic (exact) mass is 593 g/mol. The Labute approximate surface area is 247 Å². The van der Waals surface area contributed by atoms with Crippen molar-refractivity contribution in [3.05, 3.63) is 35.9 Å². The molecule has 8 heteroatoms. The third-order valence-electron chi connectivity index (χ3n) is 10.2. The Morgan fingerprint density at radius 2 is 1.45 bits per heavy atom. The third-order valence-corrected chi connectivity index (χ3v) is 19.2. The van der Waals surface area contributed by atoms with Gasteiger partial charge in [0.05, 0.1) is 18.8 Å². The summed E-state index contributed by atoms with van der Waals surface area (Å²) in [5.41, 5.74) is 0.0680. The van der Waals surface area contributed by atoms with Gasteiger partial charge < -0.3 is 28.7 Å². The van der Waals surface area contributed by atoms with Crippen LogP contribution in [0.15, 0.2) is 30.3 Å². The second-order valence-electron chi connectivity index (χ2n) is 15.9. The maximum Gasteiger partial charge on any atom is 0.192 e. The van der Waals surface area contributed by atoms with Crippen LogP contribution in [-0.2, 0) is 18.3 Å². The Morgan fingerprint density at radius 1 is 0.925 bits per heavy atom. The van der Waals surface area contributed by atoms with E-state index in [0.717, 1.165) is 6.42 Å². The summed E-state index contributed by atoms with van der Waals surface area (Å²) in [4.78, 5) is 0. The molecule has 1 aromatic carbocycles. The van der Waals surface area contributed by atoms with Crippen LogP contribution in [-0.4, -0.2) is 65.1 Å². The van der Waals surface area contributed by atoms with Crippen LogP contribution in [0.2, 0.25) is 36.3 Å². The van der Waals surface area contributed by atoms with Crippen molar-refractivity contribution in [2.24, 2.45) is 11.8 Å². The second-order valence-corrected chi connectivity index (χ2v) is 25.5. The van der Waals surface area contributed by atoms with Gasteiger partial charge in [-0.1, -0.05) is 71.9 Å². The summed E-state index contributed by atoms with van der Waals surface area (Å²) >= 11 is 0. The van der Waals surface area contributed by atoms with Gasteiger partial charge in [0, 0.05) is 31.0 Å². The summed E-state index contributed by atoms with van der Waals surface area (Å²) < 4.78 is 26.5. The SMILES string of the molecule is C[C@@H](NC[C@](O)(CO[Si](C)(C)C(C)(C)C)[C@H]1C[C@@H](CO[Si](C)(C)C(C)(C)C)[C@@H]2OC(C)(C)O[C@@H]21)c1ccccc1. The molecule has 0 amide bonds. The summed E-state index contributed by atoms with van der Waals surface area (Å²) in [7, 11) is -4.04. The minimum Gasteiger partial charge on any atom is -0.416 e. The predicted molar refractivity (Wildman–Crippen MR) is 170 cm³/mol. The van der Waals surface area contributed by atoms with E-state index in [9.17, 15) is 5.11 Å². The summed E-state index contributed by atoms with van der Waals surface area (Å²) in [6.45, 7) is 30.0. The Morgan fingerprint density at radius 3 is 2.00 bits per heavy atom. The van der Waals surface area contributed by atoms with Crippen molar-refractivity contribution >= 4 is 16.6 Å². The molecule has 1 aliphatic carbocycles. The standard InChI is InChI=1S/C32H59NO5Si2/c1-23(24-17-15-14-16-18-24)33-21-32(34,22-36-40(12,13)30(5,6)7)26-19-25(20-35-39(10,11)29(2,3)4)27-28(26)38-31(8,9)37-27/h14-18,23,25-28,33-34H,19-22H2,1-13H3/t23-,25+,26+,27+,28-,32+/m1/s1. The van der Waals surface area contributed by atoms with Crippen LogP contribution in [0.1, 0.15) is 80.3 Å². The van der Waals surface area contributed by atoms with Gasteiger partial charge in [-0.3, -0.25) is 0 Å². The maximum atomic E-state index is 12.6. The number of benzene rings is 1. The highest BCUT2D eigenvalue weighted by Crippen LogP contribution is 2.50. The van der Waals surface area contributed by atoms with Crippen LogP contribution < -0.4 is 5.32 Å². The number of rotatable bonds is 11. The molecule has 1 heterocycles. The van der Waals surface area contributed by atoms with Crippen LogP contribution in [0.25, 0.3) is 0 Å². The number of nitrogens with one attached hydrogen (secondary N) is 1. The molecule has 1 saturated carbocycles. The Bertz CT molecular complexity index is 972. The zero-order valence-corrected chi connectivity index (χ0v) is 29.7. The molecule has 1 aliphatic heterocycles. The number of ether oxygens (including phenoxy) is 2. The largest absolute Gasteiger partial charge is 0.416 e. The van der Waals surface area contributed by atoms with E-state index in [-0.39, 0.29) is 46.8 Å². The van der Waals surface area contributed by atoms with Gasteiger partial charge in [0.25, 0.3) is 0 Å². The highest BCUT2D eigenvalue weighted by molar-refractivity contribution is 6.74. The van der Waals surface area contributed by atoms with Gasteiger partial charge in [0.1, 0.15) is 5.60 Å². The van der Waals surface area contributed by atoms with E-state index in [2.05, 4.69) is 104 Å². The Hall–Kier alpha value is -0.586. The van der Waals surface area contributed by atoms with Crippen LogP contribution >= 0.6 is 0 Å². The molecule has 0 radical (unpaired) electrons. The predicted octanol–water partition coefficient (Wildman–Crippen LogP) is 7.27. The van der Waals surface area contributed by atoms with Gasteiger partial charge in [-0.25, -0.2) is 0 Å². The molecule has 0 spiro atoms. The quantitative estimate of drug-likeness (QED) is 0.263. The first kappa shape index (κ1) is 33.9. The molecule has 40 heavy (non-hydrogen) atoms. The van der Waals surface area contributed by atoms with Crippen LogP contribution in [0, 0.1) is 11.8 Å². The molecule has 2 N–H and O–H groups in total. The van der Waals surface area contributed by atoms with Crippen molar-refractivity contribution in [1.82, 2.24) is 5.32 Å². The first-order valence-corrected chi connectivity index (χ1v) is 21.0. The topological polar surface area (TPSA) is 69.2 Å². The smallest absolute Gasteiger partial charge is 0.192 e. The lowest BCUT2D eigenvalue weighted by Crippen LogP contribution is -2.56. The van der Waals surface area contributed by atoms with E-state index in [4.69, 9.17) is 18.3 Å². The maximum absolute atomic E-state index is 12.6. The molecule has 6 atom stereocenters. The summed E-state index contributed by atoms with van der Waals surface area (Å²) in [5.74, 6) is -0.695. The van der Waals surface area contributed by atoms with Crippen molar-refractivity contribution in [3.8, 4) is 0 Å². The minimum absolute atomic E-state index is 0.0470. The first-order valence-electron chi connectivity index (χ1n) is 15.2. The van der Waals surface area contributed by atoms with E-state index >= 15 is 0 Å². The van der Waals surface area contributed by atoms with Crippen molar-refractivity contribution < 1.29 is 23.4 Å². The van der Waals surface area contributed by atoms with Crippen LogP contribution in [0.5, 0.6) is 0 Å². The molecule has 0 unspecified atom stereocenters. The molecular weight excluding hydrogens is 535 g/mol. The summed E-state index contributed by atoms with van der Waals surface area (Å²) in [6, 6.07) is 10.5. The molecule has 0 bridgehead atoms. The Balaban J connectivity index is 1.89. The van der Waals surface area contributed by atoms with E-state index in [1.807, 2.05) is 19.9 Å². The average molecular weight is 594 g/mol. The third kappa shape index (κ3) is 7.67. The van der Waals surface area contributed by atoms with Crippen molar-refractivity contribution in [3.63, 3.8) is 0 Å². The lowest BCUT2D eigenvalue weighted by Gasteiger charge is -2.43. The lowest BCUT2D eigenvalue weighted by atomic mass is 9.84. The second kappa shape index (κ2) is 11.8. The summed E-state index contributed by atoms with van der Waals surface area (Å²) in [5, 5.41) is 16.4. The van der Waals surface area contributed by atoms with Gasteiger partial charge >= 0.3 is 0 Å². The number of aliphatic hydroxyl groups is 1. The number of hydrogen-bond donors (Lipinski definition) is 2. The molecule has 1 aromatic rings. The fourth-order valence-corrected chi connectivity index (χ4v) is 7.42. The van der Waals surface area contributed by atoms with Gasteiger partial charge in [-0.15, -0.1) is 0 Å². The fraction of sp³-hybridized carbons (Fsp3) is 0.812. The molecular formula is C32H59NO5Si2. The first-order chi connectivity index (χ1) is 18.1. The number of hydrogen-bond acceptors (Lipinski definition) is 6. The molecule has 0 aromatic heterocycles. The van der Waals surface area contributed by atoms with Crippen molar-refractivity contribution in [1.29, 1.82) is 0 Å². The van der Waals surface area contributed by atoms with E-state index in [0.29, 0.717) is 13.2 Å². The molecule has 2 aliphatic rings. The normalized spacial score (nSPS) is 27.9. The van der Waals surface area contributed by atoms with Crippen LogP contribution in [0.4, 0.5) is 0 Å². The van der Waals surface area contributed by atoms with Gasteiger partial charge in [-0.2, -0.15) is 0 Å². The van der Waals surface area contributed by atoms with Crippen molar-refractivity contribution in [2.75, 3.05) is 19.8 Å². The average Bonchev–Trinajstić information content (AvgIpc) is 3.32.